The summed E-state index contributed by atoms with van der Waals surface area (Å²) in [5.41, 5.74) is 0.900. The van der Waals surface area contributed by atoms with Crippen LogP contribution in [-0.2, 0) is 4.79 Å². The highest BCUT2D eigenvalue weighted by Gasteiger charge is 2.15. The number of ether oxygens (including phenoxy) is 1. The summed E-state index contributed by atoms with van der Waals surface area (Å²) in [5, 5.41) is 11.7. The number of carboxylic acids is 1. The molecule has 0 aromatic heterocycles. The minimum Gasteiger partial charge on any atom is -0.481 e. The normalized spacial score (nSPS) is 11.8. The summed E-state index contributed by atoms with van der Waals surface area (Å²) in [7, 11) is 0. The van der Waals surface area contributed by atoms with Crippen molar-refractivity contribution in [2.24, 2.45) is 0 Å². The van der Waals surface area contributed by atoms with Crippen LogP contribution in [0.25, 0.3) is 0 Å². The number of amides is 1. The summed E-state index contributed by atoms with van der Waals surface area (Å²) in [5.74, 6) is -0.615. The second-order valence-electron chi connectivity index (χ2n) is 5.04. The highest BCUT2D eigenvalue weighted by molar-refractivity contribution is 5.88. The lowest BCUT2D eigenvalue weighted by molar-refractivity contribution is -0.127. The van der Waals surface area contributed by atoms with Gasteiger partial charge in [0.25, 0.3) is 5.91 Å². The van der Waals surface area contributed by atoms with E-state index in [2.05, 4.69) is 12.2 Å². The molecule has 1 rings (SSSR count). The van der Waals surface area contributed by atoms with Crippen LogP contribution in [0.5, 0.6) is 5.75 Å². The zero-order valence-corrected chi connectivity index (χ0v) is 12.8. The van der Waals surface area contributed by atoms with E-state index in [1.54, 1.807) is 19.9 Å². The molecule has 1 unspecified atom stereocenters. The van der Waals surface area contributed by atoms with E-state index < -0.39 is 12.1 Å². The summed E-state index contributed by atoms with van der Waals surface area (Å²) in [6, 6.07) is 4.58. The fourth-order valence-electron chi connectivity index (χ4n) is 1.89. The molecule has 0 radical (unpaired) electrons. The molecule has 5 nitrogen and oxygen atoms in total. The molecule has 116 valence electrons. The Hall–Kier alpha value is -2.04. The van der Waals surface area contributed by atoms with Gasteiger partial charge in [0, 0.05) is 6.54 Å². The van der Waals surface area contributed by atoms with Crippen LogP contribution in [0.1, 0.15) is 49.0 Å². The van der Waals surface area contributed by atoms with Crippen LogP contribution in [0.15, 0.2) is 18.2 Å². The molecule has 0 spiro atoms. The van der Waals surface area contributed by atoms with Gasteiger partial charge >= 0.3 is 5.97 Å². The van der Waals surface area contributed by atoms with Crippen molar-refractivity contribution in [1.29, 1.82) is 0 Å². The van der Waals surface area contributed by atoms with Gasteiger partial charge in [-0.1, -0.05) is 19.8 Å². The Bertz CT molecular complexity index is 499. The van der Waals surface area contributed by atoms with E-state index in [0.717, 1.165) is 19.3 Å². The molecule has 1 atom stereocenters. The Morgan fingerprint density at radius 1 is 1.33 bits per heavy atom. The smallest absolute Gasteiger partial charge is 0.335 e. The summed E-state index contributed by atoms with van der Waals surface area (Å²) in [6.07, 6.45) is 2.55. The third-order valence-corrected chi connectivity index (χ3v) is 3.17. The van der Waals surface area contributed by atoms with Crippen molar-refractivity contribution in [1.82, 2.24) is 5.32 Å². The summed E-state index contributed by atoms with van der Waals surface area (Å²) in [4.78, 5) is 22.7. The first-order chi connectivity index (χ1) is 9.95. The van der Waals surface area contributed by atoms with Gasteiger partial charge in [-0.3, -0.25) is 4.79 Å². The number of aromatic carboxylic acids is 1. The van der Waals surface area contributed by atoms with Crippen molar-refractivity contribution < 1.29 is 19.4 Å². The molecule has 21 heavy (non-hydrogen) atoms. The first kappa shape index (κ1) is 17.0. The molecule has 2 N–H and O–H groups in total. The lowest BCUT2D eigenvalue weighted by atomic mass is 10.1. The van der Waals surface area contributed by atoms with Gasteiger partial charge in [0.2, 0.25) is 0 Å². The van der Waals surface area contributed by atoms with Gasteiger partial charge < -0.3 is 15.2 Å². The van der Waals surface area contributed by atoms with Gasteiger partial charge in [0.05, 0.1) is 5.56 Å². The minimum atomic E-state index is -0.980. The number of carbonyl (C=O) groups is 2. The highest BCUT2D eigenvalue weighted by atomic mass is 16.5. The third-order valence-electron chi connectivity index (χ3n) is 3.17. The van der Waals surface area contributed by atoms with Crippen LogP contribution in [0.4, 0.5) is 0 Å². The predicted molar refractivity (Wildman–Crippen MR) is 80.8 cm³/mol. The maximum atomic E-state index is 11.9. The molecule has 1 aromatic rings. The maximum Gasteiger partial charge on any atom is 0.335 e. The summed E-state index contributed by atoms with van der Waals surface area (Å²) < 4.78 is 5.59. The fourth-order valence-corrected chi connectivity index (χ4v) is 1.89. The molecule has 0 aliphatic carbocycles. The van der Waals surface area contributed by atoms with E-state index in [9.17, 15) is 9.59 Å². The number of carboxylic acid groups (broad SMARTS) is 1. The van der Waals surface area contributed by atoms with E-state index in [1.807, 2.05) is 0 Å². The van der Waals surface area contributed by atoms with Gasteiger partial charge in [-0.2, -0.15) is 0 Å². The largest absolute Gasteiger partial charge is 0.481 e. The van der Waals surface area contributed by atoms with Crippen molar-refractivity contribution in [2.45, 2.75) is 46.1 Å². The van der Waals surface area contributed by atoms with Gasteiger partial charge in [0.1, 0.15) is 5.75 Å². The number of hydrogen-bond acceptors (Lipinski definition) is 3. The highest BCUT2D eigenvalue weighted by Crippen LogP contribution is 2.20. The average molecular weight is 293 g/mol. The number of hydrogen-bond donors (Lipinski definition) is 2. The van der Waals surface area contributed by atoms with Crippen molar-refractivity contribution in [3.63, 3.8) is 0 Å². The molecule has 0 bridgehead atoms. The molecule has 5 heteroatoms. The van der Waals surface area contributed by atoms with Crippen molar-refractivity contribution in [3.8, 4) is 5.75 Å². The van der Waals surface area contributed by atoms with Crippen LogP contribution >= 0.6 is 0 Å². The molecule has 0 aliphatic rings. The van der Waals surface area contributed by atoms with E-state index in [0.29, 0.717) is 17.9 Å². The number of nitrogens with one attached hydrogen (secondary N) is 1. The Morgan fingerprint density at radius 2 is 2.05 bits per heavy atom. The number of benzene rings is 1. The van der Waals surface area contributed by atoms with E-state index in [1.165, 1.54) is 12.1 Å². The van der Waals surface area contributed by atoms with Crippen molar-refractivity contribution in [3.05, 3.63) is 29.3 Å². The quantitative estimate of drug-likeness (QED) is 0.723. The van der Waals surface area contributed by atoms with Crippen LogP contribution < -0.4 is 10.1 Å². The van der Waals surface area contributed by atoms with Crippen LogP contribution in [-0.4, -0.2) is 29.6 Å². The molecule has 0 saturated carbocycles. The summed E-state index contributed by atoms with van der Waals surface area (Å²) in [6.45, 7) is 6.20. The van der Waals surface area contributed by atoms with Gasteiger partial charge in [-0.25, -0.2) is 4.79 Å². The zero-order chi connectivity index (χ0) is 15.8. The fraction of sp³-hybridized carbons (Fsp3) is 0.500. The number of rotatable bonds is 8. The van der Waals surface area contributed by atoms with Crippen LogP contribution in [0.2, 0.25) is 0 Å². The first-order valence-electron chi connectivity index (χ1n) is 7.24. The first-order valence-corrected chi connectivity index (χ1v) is 7.24. The lowest BCUT2D eigenvalue weighted by Gasteiger charge is -2.16. The number of carbonyl (C=O) groups excluding carboxylic acids is 1. The molecule has 0 fully saturated rings. The lowest BCUT2D eigenvalue weighted by Crippen LogP contribution is -2.36. The summed E-state index contributed by atoms with van der Waals surface area (Å²) >= 11 is 0. The Labute approximate surface area is 125 Å². The molecule has 1 aromatic carbocycles. The van der Waals surface area contributed by atoms with Crippen molar-refractivity contribution in [2.75, 3.05) is 6.54 Å². The number of aryl methyl sites for hydroxylation is 1. The van der Waals surface area contributed by atoms with E-state index >= 15 is 0 Å². The molecular formula is C16H23NO4. The average Bonchev–Trinajstić information content (AvgIpc) is 2.45. The molecule has 0 saturated heterocycles. The Balaban J connectivity index is 2.56. The van der Waals surface area contributed by atoms with Gasteiger partial charge in [-0.15, -0.1) is 0 Å². The van der Waals surface area contributed by atoms with Crippen LogP contribution in [0.3, 0.4) is 0 Å². The molecule has 0 aliphatic heterocycles. The zero-order valence-electron chi connectivity index (χ0n) is 12.8. The maximum absolute atomic E-state index is 11.9. The third kappa shape index (κ3) is 5.45. The SMILES string of the molecule is CCCCCNC(=O)C(C)Oc1ccc(C(=O)O)cc1C. The second kappa shape index (κ2) is 8.29. The Morgan fingerprint density at radius 3 is 2.62 bits per heavy atom. The van der Waals surface area contributed by atoms with Gasteiger partial charge in [0.15, 0.2) is 6.10 Å². The second-order valence-corrected chi connectivity index (χ2v) is 5.04. The molecular weight excluding hydrogens is 270 g/mol. The van der Waals surface area contributed by atoms with Gasteiger partial charge in [-0.05, 0) is 44.0 Å². The van der Waals surface area contributed by atoms with E-state index in [-0.39, 0.29) is 11.5 Å². The molecule has 1 amide bonds. The van der Waals surface area contributed by atoms with E-state index in [4.69, 9.17) is 9.84 Å². The van der Waals surface area contributed by atoms with Crippen molar-refractivity contribution >= 4 is 11.9 Å². The molecule has 0 heterocycles. The standard InChI is InChI=1S/C16H23NO4/c1-4-5-6-9-17-15(18)12(3)21-14-8-7-13(16(19)20)10-11(14)2/h7-8,10,12H,4-6,9H2,1-3H3,(H,17,18)(H,19,20). The Kier molecular flexibility index (Phi) is 6.72. The topological polar surface area (TPSA) is 75.6 Å². The number of unbranched alkanes of at least 4 members (excludes halogenated alkanes) is 2. The predicted octanol–water partition coefficient (Wildman–Crippen LogP) is 2.77. The minimum absolute atomic E-state index is 0.159. The van der Waals surface area contributed by atoms with Crippen LogP contribution in [0, 0.1) is 6.92 Å². The monoisotopic (exact) mass is 293 g/mol.